The molecule has 1 N–H and O–H groups in total. The third kappa shape index (κ3) is 5.18. The Bertz CT molecular complexity index is 1350. The predicted octanol–water partition coefficient (Wildman–Crippen LogP) is 5.50. The third-order valence-electron chi connectivity index (χ3n) is 7.19. The summed E-state index contributed by atoms with van der Waals surface area (Å²) in [5.74, 6) is 0.760. The molecule has 1 amide bonds. The van der Waals surface area contributed by atoms with Crippen LogP contribution in [-0.2, 0) is 27.7 Å². The van der Waals surface area contributed by atoms with Gasteiger partial charge in [-0.3, -0.25) is 4.79 Å². The van der Waals surface area contributed by atoms with Crippen molar-refractivity contribution in [3.05, 3.63) is 41.0 Å². The summed E-state index contributed by atoms with van der Waals surface area (Å²) < 4.78 is 28.0. The monoisotopic (exact) mass is 544 g/mol. The molecule has 5 rings (SSSR count). The fourth-order valence-electron chi connectivity index (χ4n) is 5.23. The molecule has 7 nitrogen and oxygen atoms in total. The summed E-state index contributed by atoms with van der Waals surface area (Å²) in [7, 11) is -3.54. The molecule has 1 aliphatic heterocycles. The van der Waals surface area contributed by atoms with Crippen LogP contribution in [0.25, 0.3) is 10.2 Å². The van der Waals surface area contributed by atoms with Gasteiger partial charge in [-0.2, -0.15) is 4.31 Å². The largest absolute Gasteiger partial charge is 0.325 e. The maximum absolute atomic E-state index is 13.2. The van der Waals surface area contributed by atoms with E-state index < -0.39 is 10.0 Å². The molecule has 192 valence electrons. The second-order valence-electron chi connectivity index (χ2n) is 9.75. The lowest BCUT2D eigenvalue weighted by molar-refractivity contribution is -0.113. The molecule has 2 aromatic heterocycles. The van der Waals surface area contributed by atoms with Crippen LogP contribution in [0, 0.1) is 5.92 Å². The van der Waals surface area contributed by atoms with Crippen molar-refractivity contribution >= 4 is 54.9 Å². The number of aromatic nitrogens is 2. The van der Waals surface area contributed by atoms with E-state index in [1.807, 2.05) is 6.92 Å². The molecule has 1 aromatic carbocycles. The molecular weight excluding hydrogens is 513 g/mol. The molecule has 36 heavy (non-hydrogen) atoms. The minimum absolute atomic E-state index is 0.0608. The van der Waals surface area contributed by atoms with Crippen molar-refractivity contribution in [1.82, 2.24) is 14.3 Å². The summed E-state index contributed by atoms with van der Waals surface area (Å²) >= 11 is 3.18. The average molecular weight is 545 g/mol. The Kier molecular flexibility index (Phi) is 7.67. The predicted molar refractivity (Wildman–Crippen MR) is 146 cm³/mol. The van der Waals surface area contributed by atoms with Gasteiger partial charge in [0.05, 0.1) is 10.6 Å². The van der Waals surface area contributed by atoms with Gasteiger partial charge in [0.25, 0.3) is 0 Å². The van der Waals surface area contributed by atoms with Gasteiger partial charge in [-0.15, -0.1) is 11.3 Å². The highest BCUT2D eigenvalue weighted by Crippen LogP contribution is 2.40. The van der Waals surface area contributed by atoms with E-state index in [9.17, 15) is 13.2 Å². The number of hydrogen-bond acceptors (Lipinski definition) is 7. The average Bonchev–Trinajstić information content (AvgIpc) is 3.25. The van der Waals surface area contributed by atoms with Crippen LogP contribution >= 0.6 is 23.1 Å². The smallest absolute Gasteiger partial charge is 0.243 e. The van der Waals surface area contributed by atoms with Gasteiger partial charge in [0.1, 0.15) is 16.2 Å². The fourth-order valence-corrected chi connectivity index (χ4v) is 9.24. The molecule has 0 unspecified atom stereocenters. The van der Waals surface area contributed by atoms with Crippen LogP contribution in [0.15, 0.2) is 40.5 Å². The number of thioether (sulfide) groups is 1. The van der Waals surface area contributed by atoms with Gasteiger partial charge in [-0.1, -0.05) is 32.0 Å². The Morgan fingerprint density at radius 1 is 1.19 bits per heavy atom. The number of carbonyl (C=O) groups is 1. The first-order chi connectivity index (χ1) is 17.4. The van der Waals surface area contributed by atoms with Crippen molar-refractivity contribution in [3.63, 3.8) is 0 Å². The van der Waals surface area contributed by atoms with E-state index in [1.165, 1.54) is 28.6 Å². The number of sulfonamides is 1. The molecule has 2 atom stereocenters. The first kappa shape index (κ1) is 25.6. The lowest BCUT2D eigenvalue weighted by atomic mass is 9.89. The number of hydrogen-bond donors (Lipinski definition) is 1. The standard InChI is InChI=1S/C26H32N4O3S3/c1-3-19-6-4-5-13-30(19)36(32,33)20-10-8-18(9-11-20)29-23(31)15-34-25-24-21-12-7-17(2)14-22(21)35-26(24)28-16-27-25/h8-11,16-17,19H,3-7,12-15H2,1-2H3,(H,29,31)/t17-,19-/m0/s1. The molecule has 2 aliphatic rings. The van der Waals surface area contributed by atoms with Crippen molar-refractivity contribution in [2.75, 3.05) is 17.6 Å². The Morgan fingerprint density at radius 3 is 2.78 bits per heavy atom. The first-order valence-corrected chi connectivity index (χ1v) is 15.9. The molecule has 0 saturated carbocycles. The number of amides is 1. The Balaban J connectivity index is 1.24. The summed E-state index contributed by atoms with van der Waals surface area (Å²) in [5.41, 5.74) is 1.94. The fraction of sp³-hybridized carbons (Fsp3) is 0.500. The normalized spacial score (nSPS) is 20.8. The molecule has 1 fully saturated rings. The van der Waals surface area contributed by atoms with Gasteiger partial charge in [0, 0.05) is 28.5 Å². The van der Waals surface area contributed by atoms with E-state index in [0.717, 1.165) is 53.8 Å². The van der Waals surface area contributed by atoms with E-state index in [1.54, 1.807) is 46.2 Å². The number of thiophene rings is 1. The van der Waals surface area contributed by atoms with Gasteiger partial charge in [0.15, 0.2) is 0 Å². The van der Waals surface area contributed by atoms with Crippen molar-refractivity contribution < 1.29 is 13.2 Å². The maximum atomic E-state index is 13.2. The SMILES string of the molecule is CC[C@H]1CCCCN1S(=O)(=O)c1ccc(NC(=O)CSc2ncnc3sc4c(c23)CC[C@H](C)C4)cc1. The molecule has 1 saturated heterocycles. The minimum atomic E-state index is -3.54. The van der Waals surface area contributed by atoms with Crippen molar-refractivity contribution in [2.45, 2.75) is 74.8 Å². The van der Waals surface area contributed by atoms with Crippen LogP contribution in [0.2, 0.25) is 0 Å². The number of benzene rings is 1. The topological polar surface area (TPSA) is 92.3 Å². The lowest BCUT2D eigenvalue weighted by Gasteiger charge is -2.34. The van der Waals surface area contributed by atoms with Crippen molar-refractivity contribution in [2.24, 2.45) is 5.92 Å². The van der Waals surface area contributed by atoms with Crippen LogP contribution in [0.4, 0.5) is 5.69 Å². The number of piperidine rings is 1. The molecule has 10 heteroatoms. The van der Waals surface area contributed by atoms with Gasteiger partial charge in [-0.25, -0.2) is 18.4 Å². The highest BCUT2D eigenvalue weighted by atomic mass is 32.2. The Labute approximate surface area is 221 Å². The van der Waals surface area contributed by atoms with Crippen molar-refractivity contribution in [3.8, 4) is 0 Å². The molecule has 0 bridgehead atoms. The molecule has 1 aliphatic carbocycles. The molecule has 3 heterocycles. The van der Waals surface area contributed by atoms with E-state index in [-0.39, 0.29) is 22.6 Å². The number of aryl methyl sites for hydroxylation is 1. The van der Waals surface area contributed by atoms with E-state index in [4.69, 9.17) is 0 Å². The van der Waals surface area contributed by atoms with Gasteiger partial charge >= 0.3 is 0 Å². The highest BCUT2D eigenvalue weighted by Gasteiger charge is 2.32. The van der Waals surface area contributed by atoms with Crippen molar-refractivity contribution in [1.29, 1.82) is 0 Å². The lowest BCUT2D eigenvalue weighted by Crippen LogP contribution is -2.43. The zero-order valence-electron chi connectivity index (χ0n) is 20.7. The quantitative estimate of drug-likeness (QED) is 0.312. The number of rotatable bonds is 7. The number of anilines is 1. The highest BCUT2D eigenvalue weighted by molar-refractivity contribution is 8.00. The minimum Gasteiger partial charge on any atom is -0.325 e. The number of nitrogens with zero attached hydrogens (tertiary/aromatic N) is 3. The van der Waals surface area contributed by atoms with E-state index in [0.29, 0.717) is 18.2 Å². The molecular formula is C26H32N4O3S3. The van der Waals surface area contributed by atoms with Gasteiger partial charge in [-0.05, 0) is 74.3 Å². The van der Waals surface area contributed by atoms with E-state index >= 15 is 0 Å². The maximum Gasteiger partial charge on any atom is 0.243 e. The number of carbonyl (C=O) groups excluding carboxylic acids is 1. The van der Waals surface area contributed by atoms with Gasteiger partial charge in [0.2, 0.25) is 15.9 Å². The molecule has 3 aromatic rings. The molecule has 0 radical (unpaired) electrons. The second kappa shape index (κ2) is 10.8. The first-order valence-electron chi connectivity index (χ1n) is 12.7. The van der Waals surface area contributed by atoms with Crippen LogP contribution in [0.1, 0.15) is 56.4 Å². The summed E-state index contributed by atoms with van der Waals surface area (Å²) in [4.78, 5) is 24.4. The zero-order valence-corrected chi connectivity index (χ0v) is 23.1. The summed E-state index contributed by atoms with van der Waals surface area (Å²) in [6.45, 7) is 4.89. The second-order valence-corrected chi connectivity index (χ2v) is 13.7. The van der Waals surface area contributed by atoms with Crippen LogP contribution < -0.4 is 5.32 Å². The van der Waals surface area contributed by atoms with Crippen LogP contribution in [0.3, 0.4) is 0 Å². The van der Waals surface area contributed by atoms with Gasteiger partial charge < -0.3 is 5.32 Å². The summed E-state index contributed by atoms with van der Waals surface area (Å²) in [6.07, 6.45) is 8.57. The Morgan fingerprint density at radius 2 is 2.00 bits per heavy atom. The number of fused-ring (bicyclic) bond motifs is 3. The zero-order chi connectivity index (χ0) is 25.3. The van der Waals surface area contributed by atoms with Crippen LogP contribution in [0.5, 0.6) is 0 Å². The Hall–Kier alpha value is -2.01. The van der Waals surface area contributed by atoms with E-state index in [2.05, 4.69) is 22.2 Å². The van der Waals surface area contributed by atoms with Crippen LogP contribution in [-0.4, -0.2) is 46.9 Å². The molecule has 0 spiro atoms. The number of nitrogens with one attached hydrogen (secondary N) is 1. The third-order valence-corrected chi connectivity index (χ3v) is 11.3. The summed E-state index contributed by atoms with van der Waals surface area (Å²) in [5, 5.41) is 4.86. The summed E-state index contributed by atoms with van der Waals surface area (Å²) in [6, 6.07) is 6.57.